The van der Waals surface area contributed by atoms with E-state index in [0.717, 1.165) is 25.2 Å². The number of carbonyl (C=O) groups excluding carboxylic acids is 1. The number of benzene rings is 1. The van der Waals surface area contributed by atoms with Crippen LogP contribution in [0.5, 0.6) is 0 Å². The number of hydrogen-bond acceptors (Lipinski definition) is 9. The Morgan fingerprint density at radius 1 is 1.00 bits per heavy atom. The fourth-order valence-electron chi connectivity index (χ4n) is 4.56. The molecule has 0 spiro atoms. The summed E-state index contributed by atoms with van der Waals surface area (Å²) in [4.78, 5) is 27.7. The highest BCUT2D eigenvalue weighted by Crippen LogP contribution is 2.24. The Labute approximate surface area is 226 Å². The van der Waals surface area contributed by atoms with Gasteiger partial charge in [0.05, 0.1) is 10.8 Å². The van der Waals surface area contributed by atoms with Crippen molar-refractivity contribution in [2.45, 2.75) is 38.5 Å². The minimum Gasteiger partial charge on any atom is -0.354 e. The molecule has 1 aromatic carbocycles. The Morgan fingerprint density at radius 3 is 2.41 bits per heavy atom. The summed E-state index contributed by atoms with van der Waals surface area (Å²) < 4.78 is 29.9. The standard InChI is InChI=1S/C26H29N9O3S/c1-17-15-23(29-18(2)28-17)33-39(37,38)22-8-6-21(7-9-22)30-26(36)20-5-4-13-34(16-20)24-10-11-25(32-31-24)35-14-12-27-19(35)3/h6-12,14-15,20H,4-5,13,16H2,1-3H3,(H,30,36)(H,28,29,33). The molecule has 0 saturated carbocycles. The zero-order chi connectivity index (χ0) is 27.6. The van der Waals surface area contributed by atoms with Gasteiger partial charge < -0.3 is 10.2 Å². The number of anilines is 3. The van der Waals surface area contributed by atoms with Gasteiger partial charge in [-0.15, -0.1) is 10.2 Å². The molecule has 3 aromatic heterocycles. The molecule has 39 heavy (non-hydrogen) atoms. The molecule has 0 bridgehead atoms. The van der Waals surface area contributed by atoms with Gasteiger partial charge in [0.15, 0.2) is 11.6 Å². The van der Waals surface area contributed by atoms with Crippen LogP contribution in [0, 0.1) is 26.7 Å². The second kappa shape index (κ2) is 10.8. The Morgan fingerprint density at radius 2 is 1.74 bits per heavy atom. The fraction of sp³-hybridized carbons (Fsp3) is 0.308. The van der Waals surface area contributed by atoms with Crippen LogP contribution in [0.4, 0.5) is 17.3 Å². The van der Waals surface area contributed by atoms with Crippen LogP contribution in [-0.4, -0.2) is 57.1 Å². The SMILES string of the molecule is Cc1cc(NS(=O)(=O)c2ccc(NC(=O)C3CCCN(c4ccc(-n5ccnc5C)nn4)C3)cc2)nc(C)n1. The molecular formula is C26H29N9O3S. The van der Waals surface area contributed by atoms with Gasteiger partial charge in [-0.1, -0.05) is 0 Å². The zero-order valence-electron chi connectivity index (χ0n) is 21.9. The lowest BCUT2D eigenvalue weighted by molar-refractivity contribution is -0.120. The molecule has 1 saturated heterocycles. The van der Waals surface area contributed by atoms with E-state index in [1.807, 2.05) is 29.8 Å². The van der Waals surface area contributed by atoms with Crippen LogP contribution in [0.15, 0.2) is 59.8 Å². The maximum atomic E-state index is 13.0. The van der Waals surface area contributed by atoms with E-state index < -0.39 is 10.0 Å². The predicted molar refractivity (Wildman–Crippen MR) is 146 cm³/mol. The molecule has 1 aliphatic rings. The molecule has 202 valence electrons. The molecule has 0 radical (unpaired) electrons. The van der Waals surface area contributed by atoms with Crippen molar-refractivity contribution in [3.8, 4) is 5.82 Å². The quantitative estimate of drug-likeness (QED) is 0.356. The average Bonchev–Trinajstić information content (AvgIpc) is 3.34. The monoisotopic (exact) mass is 547 g/mol. The molecule has 4 heterocycles. The summed E-state index contributed by atoms with van der Waals surface area (Å²) in [5.74, 6) is 2.53. The number of nitrogens with one attached hydrogen (secondary N) is 2. The van der Waals surface area contributed by atoms with Crippen LogP contribution in [0.3, 0.4) is 0 Å². The van der Waals surface area contributed by atoms with Crippen LogP contribution in [-0.2, 0) is 14.8 Å². The minimum absolute atomic E-state index is 0.0613. The van der Waals surface area contributed by atoms with Gasteiger partial charge >= 0.3 is 0 Å². The Hall–Kier alpha value is -4.39. The van der Waals surface area contributed by atoms with Gasteiger partial charge in [-0.3, -0.25) is 14.1 Å². The summed E-state index contributed by atoms with van der Waals surface area (Å²) in [7, 11) is -3.85. The first kappa shape index (κ1) is 26.2. The number of rotatable bonds is 7. The molecule has 2 N–H and O–H groups in total. The van der Waals surface area contributed by atoms with Crippen LogP contribution in [0.25, 0.3) is 5.82 Å². The first-order valence-corrected chi connectivity index (χ1v) is 14.0. The smallest absolute Gasteiger partial charge is 0.263 e. The van der Waals surface area contributed by atoms with Crippen molar-refractivity contribution in [1.29, 1.82) is 0 Å². The second-order valence-corrected chi connectivity index (χ2v) is 11.1. The number of imidazole rings is 1. The second-order valence-electron chi connectivity index (χ2n) is 9.44. The number of carbonyl (C=O) groups is 1. The van der Waals surface area contributed by atoms with Gasteiger partial charge in [0.2, 0.25) is 5.91 Å². The van der Waals surface area contributed by atoms with Crippen molar-refractivity contribution in [2.75, 3.05) is 28.0 Å². The van der Waals surface area contributed by atoms with Crippen molar-refractivity contribution in [3.63, 3.8) is 0 Å². The number of hydrogen-bond donors (Lipinski definition) is 2. The minimum atomic E-state index is -3.85. The van der Waals surface area contributed by atoms with Crippen molar-refractivity contribution < 1.29 is 13.2 Å². The maximum Gasteiger partial charge on any atom is 0.263 e. The maximum absolute atomic E-state index is 13.0. The van der Waals surface area contributed by atoms with Crippen LogP contribution in [0.2, 0.25) is 0 Å². The molecule has 5 rings (SSSR count). The lowest BCUT2D eigenvalue weighted by Crippen LogP contribution is -2.41. The molecular weight excluding hydrogens is 518 g/mol. The van der Waals surface area contributed by atoms with Gasteiger partial charge in [-0.2, -0.15) is 0 Å². The molecule has 13 heteroatoms. The number of aromatic nitrogens is 6. The van der Waals surface area contributed by atoms with Crippen LogP contribution < -0.4 is 14.9 Å². The van der Waals surface area contributed by atoms with Gasteiger partial charge in [0.25, 0.3) is 10.0 Å². The van der Waals surface area contributed by atoms with E-state index in [0.29, 0.717) is 35.4 Å². The molecule has 1 aliphatic heterocycles. The predicted octanol–water partition coefficient (Wildman–Crippen LogP) is 3.03. The van der Waals surface area contributed by atoms with Gasteiger partial charge in [-0.05, 0) is 70.0 Å². The van der Waals surface area contributed by atoms with E-state index in [4.69, 9.17) is 0 Å². The molecule has 1 fully saturated rings. The highest BCUT2D eigenvalue weighted by molar-refractivity contribution is 7.92. The van der Waals surface area contributed by atoms with E-state index in [-0.39, 0.29) is 22.5 Å². The summed E-state index contributed by atoms with van der Waals surface area (Å²) in [5.41, 5.74) is 1.18. The Kier molecular flexibility index (Phi) is 7.24. The van der Waals surface area contributed by atoms with E-state index in [1.165, 1.54) is 12.1 Å². The normalized spacial score (nSPS) is 15.7. The molecule has 1 atom stereocenters. The van der Waals surface area contributed by atoms with Crippen molar-refractivity contribution in [3.05, 3.63) is 72.2 Å². The molecule has 1 unspecified atom stereocenters. The summed E-state index contributed by atoms with van der Waals surface area (Å²) in [5, 5.41) is 11.6. The van der Waals surface area contributed by atoms with Crippen molar-refractivity contribution in [1.82, 2.24) is 29.7 Å². The average molecular weight is 548 g/mol. The molecule has 1 amide bonds. The van der Waals surface area contributed by atoms with Crippen LogP contribution in [0.1, 0.15) is 30.2 Å². The van der Waals surface area contributed by atoms with Crippen LogP contribution >= 0.6 is 0 Å². The molecule has 0 aliphatic carbocycles. The Balaban J connectivity index is 1.21. The number of piperidine rings is 1. The zero-order valence-corrected chi connectivity index (χ0v) is 22.7. The summed E-state index contributed by atoms with van der Waals surface area (Å²) in [6.45, 7) is 6.66. The van der Waals surface area contributed by atoms with Gasteiger partial charge in [0.1, 0.15) is 17.5 Å². The van der Waals surface area contributed by atoms with Gasteiger partial charge in [0, 0.05) is 42.9 Å². The van der Waals surface area contributed by atoms with Crippen molar-refractivity contribution in [2.24, 2.45) is 5.92 Å². The van der Waals surface area contributed by atoms with E-state index in [1.54, 1.807) is 38.2 Å². The molecule has 12 nitrogen and oxygen atoms in total. The number of amides is 1. The third-order valence-electron chi connectivity index (χ3n) is 6.46. The highest BCUT2D eigenvalue weighted by Gasteiger charge is 2.27. The topological polar surface area (TPSA) is 148 Å². The molecule has 4 aromatic rings. The van der Waals surface area contributed by atoms with E-state index in [9.17, 15) is 13.2 Å². The fourth-order valence-corrected chi connectivity index (χ4v) is 5.55. The lowest BCUT2D eigenvalue weighted by Gasteiger charge is -2.32. The lowest BCUT2D eigenvalue weighted by atomic mass is 9.97. The highest BCUT2D eigenvalue weighted by atomic mass is 32.2. The van der Waals surface area contributed by atoms with E-state index in [2.05, 4.69) is 40.1 Å². The van der Waals surface area contributed by atoms with Crippen molar-refractivity contribution >= 4 is 33.3 Å². The first-order chi connectivity index (χ1) is 18.7. The summed E-state index contributed by atoms with van der Waals surface area (Å²) in [6.07, 6.45) is 5.13. The summed E-state index contributed by atoms with van der Waals surface area (Å²) >= 11 is 0. The largest absolute Gasteiger partial charge is 0.354 e. The Bertz CT molecular complexity index is 1570. The first-order valence-electron chi connectivity index (χ1n) is 12.5. The summed E-state index contributed by atoms with van der Waals surface area (Å²) in [6, 6.07) is 11.4. The van der Waals surface area contributed by atoms with Gasteiger partial charge in [-0.25, -0.2) is 23.4 Å². The van der Waals surface area contributed by atoms with E-state index >= 15 is 0 Å². The number of nitrogens with zero attached hydrogens (tertiary/aromatic N) is 7. The number of aryl methyl sites for hydroxylation is 3. The number of sulfonamides is 1. The third-order valence-corrected chi connectivity index (χ3v) is 7.83. The third kappa shape index (κ3) is 6.03.